The van der Waals surface area contributed by atoms with Crippen molar-refractivity contribution in [2.45, 2.75) is 19.4 Å². The second-order valence-electron chi connectivity index (χ2n) is 7.57. The number of fused-ring (bicyclic) bond motifs is 2. The van der Waals surface area contributed by atoms with E-state index in [-0.39, 0.29) is 11.9 Å². The Bertz CT molecular complexity index is 1070. The Kier molecular flexibility index (Phi) is 4.81. The molecule has 6 heteroatoms. The zero-order valence-corrected chi connectivity index (χ0v) is 17.1. The van der Waals surface area contributed by atoms with Crippen LogP contribution in [0.5, 0.6) is 0 Å². The van der Waals surface area contributed by atoms with Crippen LogP contribution in [-0.2, 0) is 6.42 Å². The van der Waals surface area contributed by atoms with Crippen molar-refractivity contribution in [3.8, 4) is 0 Å². The van der Waals surface area contributed by atoms with Gasteiger partial charge >= 0.3 is 0 Å². The molecule has 2 aliphatic heterocycles. The lowest BCUT2D eigenvalue weighted by atomic mass is 10.0. The monoisotopic (exact) mass is 406 g/mol. The predicted octanol–water partition coefficient (Wildman–Crippen LogP) is 4.85. The molecule has 3 aromatic rings. The van der Waals surface area contributed by atoms with E-state index < -0.39 is 0 Å². The van der Waals surface area contributed by atoms with Crippen LogP contribution in [0.3, 0.4) is 0 Å². The number of piperazine rings is 1. The molecular weight excluding hydrogens is 383 g/mol. The first-order valence-electron chi connectivity index (χ1n) is 9.94. The van der Waals surface area contributed by atoms with E-state index >= 15 is 0 Å². The summed E-state index contributed by atoms with van der Waals surface area (Å²) in [6.07, 6.45) is 0.667. The van der Waals surface area contributed by atoms with E-state index in [9.17, 15) is 4.39 Å². The van der Waals surface area contributed by atoms with Gasteiger partial charge in [0, 0.05) is 30.6 Å². The van der Waals surface area contributed by atoms with E-state index in [1.54, 1.807) is 17.4 Å². The summed E-state index contributed by atoms with van der Waals surface area (Å²) in [7, 11) is 0. The number of rotatable bonds is 2. The summed E-state index contributed by atoms with van der Waals surface area (Å²) >= 11 is 1.76. The third kappa shape index (κ3) is 3.66. The van der Waals surface area contributed by atoms with E-state index in [2.05, 4.69) is 34.6 Å². The van der Waals surface area contributed by atoms with Crippen molar-refractivity contribution in [3.05, 3.63) is 76.4 Å². The smallest absolute Gasteiger partial charge is 0.139 e. The van der Waals surface area contributed by atoms with Crippen molar-refractivity contribution in [1.29, 1.82) is 0 Å². The van der Waals surface area contributed by atoms with Gasteiger partial charge < -0.3 is 15.5 Å². The standard InChI is InChI=1S/C23H23FN4S/c1-15-12-18-22(26-20-8-4-5-9-21(20)27-23(18)29-15)28-11-10-25-17(14-28)13-16-6-2-3-7-19(16)24/h2-9,12,17,25,27H,10-11,13-14H2,1H3. The number of benzene rings is 2. The van der Waals surface area contributed by atoms with Crippen LogP contribution in [0.1, 0.15) is 16.0 Å². The fourth-order valence-corrected chi connectivity index (χ4v) is 4.99. The number of nitrogens with one attached hydrogen (secondary N) is 2. The Hall–Kier alpha value is -2.70. The maximum Gasteiger partial charge on any atom is 0.139 e. The number of thiophene rings is 1. The topological polar surface area (TPSA) is 39.7 Å². The zero-order valence-electron chi connectivity index (χ0n) is 16.3. The normalized spacial score (nSPS) is 18.3. The lowest BCUT2D eigenvalue weighted by molar-refractivity contribution is 0.289. The summed E-state index contributed by atoms with van der Waals surface area (Å²) in [5.74, 6) is 0.869. The molecule has 4 nitrogen and oxygen atoms in total. The molecule has 1 atom stereocenters. The fourth-order valence-electron chi connectivity index (χ4n) is 4.07. The minimum Gasteiger partial charge on any atom is -0.353 e. The second kappa shape index (κ2) is 7.61. The van der Waals surface area contributed by atoms with Gasteiger partial charge in [-0.05, 0) is 43.2 Å². The zero-order chi connectivity index (χ0) is 19.8. The Labute approximate surface area is 174 Å². The van der Waals surface area contributed by atoms with Crippen LogP contribution in [-0.4, -0.2) is 36.4 Å². The van der Waals surface area contributed by atoms with Gasteiger partial charge in [0.05, 0.1) is 16.9 Å². The van der Waals surface area contributed by atoms with Crippen LogP contribution in [0.15, 0.2) is 59.6 Å². The highest BCUT2D eigenvalue weighted by Crippen LogP contribution is 2.39. The molecule has 0 saturated carbocycles. The van der Waals surface area contributed by atoms with E-state index in [1.165, 1.54) is 10.9 Å². The van der Waals surface area contributed by atoms with Gasteiger partial charge in [0.1, 0.15) is 16.7 Å². The SMILES string of the molecule is Cc1cc2c(s1)Nc1ccccc1N=C2N1CCNC(Cc2ccccc2F)C1. The lowest BCUT2D eigenvalue weighted by Gasteiger charge is -2.36. The third-order valence-electron chi connectivity index (χ3n) is 5.45. The number of nitrogens with zero attached hydrogens (tertiary/aromatic N) is 2. The Morgan fingerprint density at radius 2 is 2.00 bits per heavy atom. The molecule has 0 amide bonds. The van der Waals surface area contributed by atoms with Gasteiger partial charge in [-0.2, -0.15) is 0 Å². The molecule has 148 valence electrons. The molecule has 29 heavy (non-hydrogen) atoms. The van der Waals surface area contributed by atoms with Crippen LogP contribution >= 0.6 is 11.3 Å². The first-order chi connectivity index (χ1) is 14.2. The number of hydrogen-bond acceptors (Lipinski definition) is 5. The van der Waals surface area contributed by atoms with Gasteiger partial charge in [-0.3, -0.25) is 0 Å². The fraction of sp³-hybridized carbons (Fsp3) is 0.261. The van der Waals surface area contributed by atoms with E-state index in [1.807, 2.05) is 30.3 Å². The van der Waals surface area contributed by atoms with Crippen molar-refractivity contribution in [2.24, 2.45) is 4.99 Å². The Balaban J connectivity index is 1.47. The van der Waals surface area contributed by atoms with Gasteiger partial charge in [-0.25, -0.2) is 9.38 Å². The number of anilines is 2. The second-order valence-corrected chi connectivity index (χ2v) is 8.83. The molecule has 5 rings (SSSR count). The number of amidine groups is 1. The van der Waals surface area contributed by atoms with Crippen LogP contribution in [0, 0.1) is 12.7 Å². The van der Waals surface area contributed by atoms with Crippen LogP contribution in [0.25, 0.3) is 0 Å². The Morgan fingerprint density at radius 1 is 1.17 bits per heavy atom. The summed E-state index contributed by atoms with van der Waals surface area (Å²) in [6.45, 7) is 4.65. The molecule has 1 aromatic heterocycles. The summed E-state index contributed by atoms with van der Waals surface area (Å²) in [5, 5.41) is 8.25. The van der Waals surface area contributed by atoms with Gasteiger partial charge in [0.15, 0.2) is 0 Å². The molecule has 0 spiro atoms. The van der Waals surface area contributed by atoms with Gasteiger partial charge in [0.2, 0.25) is 0 Å². The minimum absolute atomic E-state index is 0.132. The summed E-state index contributed by atoms with van der Waals surface area (Å²) < 4.78 is 14.1. The van der Waals surface area contributed by atoms with Crippen molar-refractivity contribution in [3.63, 3.8) is 0 Å². The van der Waals surface area contributed by atoms with Crippen molar-refractivity contribution in [1.82, 2.24) is 10.2 Å². The molecule has 1 unspecified atom stereocenters. The van der Waals surface area contributed by atoms with Gasteiger partial charge in [0.25, 0.3) is 0 Å². The van der Waals surface area contributed by atoms with Crippen molar-refractivity contribution >= 4 is 33.5 Å². The molecular formula is C23H23FN4S. The molecule has 0 bridgehead atoms. The summed E-state index contributed by atoms with van der Waals surface area (Å²) in [6, 6.07) is 17.6. The average Bonchev–Trinajstić information content (AvgIpc) is 3.01. The molecule has 2 aromatic carbocycles. The average molecular weight is 407 g/mol. The van der Waals surface area contributed by atoms with Crippen LogP contribution in [0.2, 0.25) is 0 Å². The highest BCUT2D eigenvalue weighted by atomic mass is 32.1. The van der Waals surface area contributed by atoms with Crippen LogP contribution < -0.4 is 10.6 Å². The third-order valence-corrected chi connectivity index (χ3v) is 6.42. The molecule has 3 heterocycles. The highest BCUT2D eigenvalue weighted by Gasteiger charge is 2.28. The van der Waals surface area contributed by atoms with E-state index in [0.29, 0.717) is 6.42 Å². The van der Waals surface area contributed by atoms with Gasteiger partial charge in [-0.1, -0.05) is 30.3 Å². The number of hydrogen-bond donors (Lipinski definition) is 2. The number of para-hydroxylation sites is 2. The lowest BCUT2D eigenvalue weighted by Crippen LogP contribution is -2.53. The van der Waals surface area contributed by atoms with Crippen LogP contribution in [0.4, 0.5) is 20.8 Å². The molecule has 1 saturated heterocycles. The molecule has 2 N–H and O–H groups in total. The summed E-state index contributed by atoms with van der Waals surface area (Å²) in [5.41, 5.74) is 3.89. The quantitative estimate of drug-likeness (QED) is 0.639. The van der Waals surface area contributed by atoms with E-state index in [0.717, 1.165) is 53.0 Å². The minimum atomic E-state index is -0.132. The summed E-state index contributed by atoms with van der Waals surface area (Å²) in [4.78, 5) is 8.66. The Morgan fingerprint density at radius 3 is 2.90 bits per heavy atom. The maximum absolute atomic E-state index is 14.1. The number of halogens is 1. The van der Waals surface area contributed by atoms with E-state index in [4.69, 9.17) is 4.99 Å². The molecule has 0 aliphatic carbocycles. The maximum atomic E-state index is 14.1. The largest absolute Gasteiger partial charge is 0.353 e. The van der Waals surface area contributed by atoms with Gasteiger partial charge in [-0.15, -0.1) is 11.3 Å². The van der Waals surface area contributed by atoms with Crippen molar-refractivity contribution < 1.29 is 4.39 Å². The molecule has 1 fully saturated rings. The first kappa shape index (κ1) is 18.3. The highest BCUT2D eigenvalue weighted by molar-refractivity contribution is 7.16. The predicted molar refractivity (Wildman–Crippen MR) is 118 cm³/mol. The number of aliphatic imine (C=N–C) groups is 1. The number of aryl methyl sites for hydroxylation is 1. The molecule has 0 radical (unpaired) electrons. The molecule has 2 aliphatic rings. The van der Waals surface area contributed by atoms with Crippen molar-refractivity contribution in [2.75, 3.05) is 25.0 Å². The first-order valence-corrected chi connectivity index (χ1v) is 10.8.